The van der Waals surface area contributed by atoms with E-state index in [-0.39, 0.29) is 0 Å². The quantitative estimate of drug-likeness (QED) is 0.316. The van der Waals surface area contributed by atoms with Crippen LogP contribution in [0.4, 0.5) is 27.8 Å². The average molecular weight is 585 g/mol. The number of nitrogens with one attached hydrogen (secondary N) is 1. The second kappa shape index (κ2) is 12.1. The molecule has 1 N–H and O–H groups in total. The van der Waals surface area contributed by atoms with Gasteiger partial charge in [0.2, 0.25) is 5.95 Å². The molecule has 0 radical (unpaired) electrons. The number of hydrogen-bond acceptors (Lipinski definition) is 10. The first-order valence-corrected chi connectivity index (χ1v) is 14.9. The van der Waals surface area contributed by atoms with Gasteiger partial charge in [-0.3, -0.25) is 0 Å². The molecule has 0 bridgehead atoms. The summed E-state index contributed by atoms with van der Waals surface area (Å²) in [5, 5.41) is 9.86. The molecule has 0 aliphatic carbocycles. The van der Waals surface area contributed by atoms with Gasteiger partial charge in [-0.2, -0.15) is 0 Å². The molecule has 226 valence electrons. The standard InChI is InChI=1S/C32H40N8O3/c1-32(2,3)42-31(41)43-39-20-18-38(19-21-39)27-7-5-6-24(22-27)29-13-12-28-23-33-30(35-40(28)29)34-25-8-10-26(11-9-25)37-16-14-36(4)15-17-37/h5-13,22-23H,14-21H2,1-4H3,(H,34,35). The summed E-state index contributed by atoms with van der Waals surface area (Å²) in [5.74, 6) is 0.537. The molecule has 11 nitrogen and oxygen atoms in total. The van der Waals surface area contributed by atoms with Crippen LogP contribution in [0, 0.1) is 0 Å². The lowest BCUT2D eigenvalue weighted by Gasteiger charge is -2.35. The molecule has 2 saturated heterocycles. The monoisotopic (exact) mass is 584 g/mol. The number of anilines is 4. The first-order valence-electron chi connectivity index (χ1n) is 14.9. The Balaban J connectivity index is 1.12. The molecule has 4 aromatic rings. The Morgan fingerprint density at radius 1 is 0.837 bits per heavy atom. The fourth-order valence-electron chi connectivity index (χ4n) is 5.40. The predicted molar refractivity (Wildman–Crippen MR) is 169 cm³/mol. The Morgan fingerprint density at radius 2 is 1.53 bits per heavy atom. The number of nitrogens with zero attached hydrogens (tertiary/aromatic N) is 7. The molecule has 0 unspecified atom stereocenters. The smallest absolute Gasteiger partial charge is 0.427 e. The topological polar surface area (TPSA) is 90.7 Å². The number of carbonyl (C=O) groups excluding carboxylic acids is 1. The molecule has 6 rings (SSSR count). The van der Waals surface area contributed by atoms with Crippen LogP contribution in [0.5, 0.6) is 0 Å². The van der Waals surface area contributed by atoms with Crippen molar-refractivity contribution in [2.75, 3.05) is 74.5 Å². The molecule has 0 atom stereocenters. The summed E-state index contributed by atoms with van der Waals surface area (Å²) in [5.41, 5.74) is 5.68. The first kappa shape index (κ1) is 28.8. The van der Waals surface area contributed by atoms with E-state index in [1.165, 1.54) is 5.69 Å². The molecule has 2 aliphatic heterocycles. The summed E-state index contributed by atoms with van der Waals surface area (Å²) in [6.07, 6.45) is 1.17. The van der Waals surface area contributed by atoms with Gasteiger partial charge in [-0.05, 0) is 76.3 Å². The average Bonchev–Trinajstić information content (AvgIpc) is 3.41. The van der Waals surface area contributed by atoms with Crippen LogP contribution in [0.15, 0.2) is 66.9 Å². The second-order valence-electron chi connectivity index (χ2n) is 12.1. The van der Waals surface area contributed by atoms with E-state index in [1.807, 2.05) is 37.5 Å². The van der Waals surface area contributed by atoms with Gasteiger partial charge in [0.1, 0.15) is 5.60 Å². The van der Waals surface area contributed by atoms with Crippen molar-refractivity contribution in [3.8, 4) is 11.3 Å². The van der Waals surface area contributed by atoms with Crippen LogP contribution in [0.2, 0.25) is 0 Å². The van der Waals surface area contributed by atoms with E-state index in [0.717, 1.165) is 67.4 Å². The number of aromatic nitrogens is 3. The molecule has 2 aromatic carbocycles. The number of likely N-dealkylation sites (N-methyl/N-ethyl adjacent to an activating group) is 1. The molecule has 2 aromatic heterocycles. The van der Waals surface area contributed by atoms with Gasteiger partial charge in [0, 0.05) is 61.9 Å². The zero-order chi connectivity index (χ0) is 30.0. The predicted octanol–water partition coefficient (Wildman–Crippen LogP) is 4.88. The molecule has 0 amide bonds. The van der Waals surface area contributed by atoms with Crippen molar-refractivity contribution in [2.45, 2.75) is 26.4 Å². The van der Waals surface area contributed by atoms with E-state index in [2.05, 4.69) is 86.6 Å². The number of fused-ring (bicyclic) bond motifs is 1. The summed E-state index contributed by atoms with van der Waals surface area (Å²) in [4.78, 5) is 29.1. The summed E-state index contributed by atoms with van der Waals surface area (Å²) in [7, 11) is 2.17. The van der Waals surface area contributed by atoms with E-state index >= 15 is 0 Å². The maximum absolute atomic E-state index is 12.1. The van der Waals surface area contributed by atoms with Gasteiger partial charge in [-0.25, -0.2) is 14.3 Å². The lowest BCUT2D eigenvalue weighted by molar-refractivity contribution is -0.144. The highest BCUT2D eigenvalue weighted by molar-refractivity contribution is 5.71. The van der Waals surface area contributed by atoms with E-state index in [0.29, 0.717) is 19.0 Å². The van der Waals surface area contributed by atoms with Crippen molar-refractivity contribution in [2.24, 2.45) is 0 Å². The SMILES string of the molecule is CN1CCN(c2ccc(Nc3ncc4ccc(-c5cccc(N6CCN(OC(=O)OC(C)(C)C)CC6)c5)n4n3)cc2)CC1. The van der Waals surface area contributed by atoms with Gasteiger partial charge >= 0.3 is 6.16 Å². The molecular formula is C32H40N8O3. The third kappa shape index (κ3) is 7.00. The van der Waals surface area contributed by atoms with Gasteiger partial charge in [0.25, 0.3) is 0 Å². The van der Waals surface area contributed by atoms with Crippen molar-refractivity contribution in [1.82, 2.24) is 24.6 Å². The third-order valence-corrected chi connectivity index (χ3v) is 7.73. The van der Waals surface area contributed by atoms with Crippen molar-refractivity contribution in [1.29, 1.82) is 0 Å². The summed E-state index contributed by atoms with van der Waals surface area (Å²) < 4.78 is 7.21. The Morgan fingerprint density at radius 3 is 2.26 bits per heavy atom. The maximum Gasteiger partial charge on any atom is 0.528 e. The van der Waals surface area contributed by atoms with Crippen LogP contribution < -0.4 is 15.1 Å². The first-order chi connectivity index (χ1) is 20.7. The second-order valence-corrected chi connectivity index (χ2v) is 12.1. The highest BCUT2D eigenvalue weighted by Gasteiger charge is 2.24. The lowest BCUT2D eigenvalue weighted by atomic mass is 10.1. The molecule has 11 heteroatoms. The van der Waals surface area contributed by atoms with Crippen LogP contribution in [0.1, 0.15) is 20.8 Å². The Labute approximate surface area is 252 Å². The van der Waals surface area contributed by atoms with E-state index in [4.69, 9.17) is 14.7 Å². The van der Waals surface area contributed by atoms with Crippen LogP contribution >= 0.6 is 0 Å². The van der Waals surface area contributed by atoms with E-state index in [1.54, 1.807) is 5.06 Å². The van der Waals surface area contributed by atoms with Gasteiger partial charge in [0.15, 0.2) is 0 Å². The highest BCUT2D eigenvalue weighted by Crippen LogP contribution is 2.28. The Bertz CT molecular complexity index is 1550. The van der Waals surface area contributed by atoms with Crippen molar-refractivity contribution < 1.29 is 14.4 Å². The zero-order valence-electron chi connectivity index (χ0n) is 25.4. The van der Waals surface area contributed by atoms with Crippen LogP contribution in [-0.2, 0) is 9.57 Å². The number of ether oxygens (including phenoxy) is 1. The van der Waals surface area contributed by atoms with Gasteiger partial charge < -0.3 is 29.6 Å². The summed E-state index contributed by atoms with van der Waals surface area (Å²) in [6.45, 7) is 12.4. The Hall–Kier alpha value is -4.35. The molecule has 0 spiro atoms. The largest absolute Gasteiger partial charge is 0.528 e. The number of carbonyl (C=O) groups is 1. The molecule has 4 heterocycles. The van der Waals surface area contributed by atoms with Gasteiger partial charge in [-0.15, -0.1) is 10.2 Å². The minimum absolute atomic E-state index is 0.537. The van der Waals surface area contributed by atoms with Crippen LogP contribution in [0.25, 0.3) is 16.8 Å². The highest BCUT2D eigenvalue weighted by atomic mass is 16.8. The molecule has 43 heavy (non-hydrogen) atoms. The Kier molecular flexibility index (Phi) is 8.09. The summed E-state index contributed by atoms with van der Waals surface area (Å²) >= 11 is 0. The zero-order valence-corrected chi connectivity index (χ0v) is 25.4. The molecule has 0 saturated carbocycles. The fourth-order valence-corrected chi connectivity index (χ4v) is 5.40. The van der Waals surface area contributed by atoms with Crippen molar-refractivity contribution in [3.05, 3.63) is 66.9 Å². The van der Waals surface area contributed by atoms with Crippen LogP contribution in [-0.4, -0.2) is 95.7 Å². The normalized spacial score (nSPS) is 16.8. The number of hydrogen-bond donors (Lipinski definition) is 1. The maximum atomic E-state index is 12.1. The molecule has 2 fully saturated rings. The molecular weight excluding hydrogens is 544 g/mol. The van der Waals surface area contributed by atoms with Crippen molar-refractivity contribution in [3.63, 3.8) is 0 Å². The fraction of sp³-hybridized carbons (Fsp3) is 0.406. The minimum atomic E-state index is -0.665. The third-order valence-electron chi connectivity index (χ3n) is 7.73. The number of benzene rings is 2. The van der Waals surface area contributed by atoms with Crippen molar-refractivity contribution >= 4 is 34.7 Å². The number of hydroxylamine groups is 2. The van der Waals surface area contributed by atoms with E-state index in [9.17, 15) is 4.79 Å². The molecule has 2 aliphatic rings. The summed E-state index contributed by atoms with van der Waals surface area (Å²) in [6, 6.07) is 21.0. The lowest BCUT2D eigenvalue weighted by Crippen LogP contribution is -2.47. The van der Waals surface area contributed by atoms with Gasteiger partial charge in [0.05, 0.1) is 30.5 Å². The number of piperazine rings is 2. The van der Waals surface area contributed by atoms with Gasteiger partial charge in [-0.1, -0.05) is 12.1 Å². The number of rotatable bonds is 6. The minimum Gasteiger partial charge on any atom is -0.427 e. The van der Waals surface area contributed by atoms with Crippen LogP contribution in [0.3, 0.4) is 0 Å². The van der Waals surface area contributed by atoms with E-state index < -0.39 is 11.8 Å².